The summed E-state index contributed by atoms with van der Waals surface area (Å²) in [7, 11) is 1.75. The van der Waals surface area contributed by atoms with Gasteiger partial charge in [0, 0.05) is 25.2 Å². The molecule has 0 saturated carbocycles. The SMILES string of the molecule is Cc1ccc(-c2cc(C(=O)NCCn3nc4c(cc3=O)CCC4)n(C)n2)cc1. The molecule has 7 heteroatoms. The van der Waals surface area contributed by atoms with E-state index in [1.165, 1.54) is 10.2 Å². The molecule has 0 bridgehead atoms. The first-order valence-electron chi connectivity index (χ1n) is 9.50. The van der Waals surface area contributed by atoms with Gasteiger partial charge in [-0.15, -0.1) is 0 Å². The summed E-state index contributed by atoms with van der Waals surface area (Å²) < 4.78 is 3.01. The monoisotopic (exact) mass is 377 g/mol. The molecule has 3 aromatic rings. The van der Waals surface area contributed by atoms with E-state index in [4.69, 9.17) is 0 Å². The van der Waals surface area contributed by atoms with Gasteiger partial charge in [0.1, 0.15) is 5.69 Å². The van der Waals surface area contributed by atoms with Crippen LogP contribution in [0.15, 0.2) is 41.2 Å². The van der Waals surface area contributed by atoms with Crippen LogP contribution in [0.25, 0.3) is 11.3 Å². The van der Waals surface area contributed by atoms with Crippen LogP contribution < -0.4 is 10.9 Å². The van der Waals surface area contributed by atoms with Crippen LogP contribution in [0.1, 0.15) is 33.7 Å². The summed E-state index contributed by atoms with van der Waals surface area (Å²) in [6.45, 7) is 2.71. The molecule has 2 heterocycles. The molecule has 144 valence electrons. The highest BCUT2D eigenvalue weighted by atomic mass is 16.2. The molecule has 1 aliphatic rings. The molecule has 1 amide bonds. The average Bonchev–Trinajstić information content (AvgIpc) is 3.28. The third kappa shape index (κ3) is 3.60. The van der Waals surface area contributed by atoms with E-state index in [-0.39, 0.29) is 11.5 Å². The van der Waals surface area contributed by atoms with Crippen LogP contribution in [-0.4, -0.2) is 32.0 Å². The third-order valence-electron chi connectivity index (χ3n) is 5.09. The second-order valence-corrected chi connectivity index (χ2v) is 7.19. The highest BCUT2D eigenvalue weighted by Crippen LogP contribution is 2.19. The Morgan fingerprint density at radius 2 is 1.93 bits per heavy atom. The summed E-state index contributed by atoms with van der Waals surface area (Å²) in [5.41, 5.74) is 5.32. The lowest BCUT2D eigenvalue weighted by molar-refractivity contribution is 0.0942. The molecule has 0 fully saturated rings. The number of amides is 1. The summed E-state index contributed by atoms with van der Waals surface area (Å²) in [6, 6.07) is 11.5. The predicted octanol–water partition coefficient (Wildman–Crippen LogP) is 1.87. The Morgan fingerprint density at radius 3 is 2.71 bits per heavy atom. The van der Waals surface area contributed by atoms with Crippen LogP contribution in [0.4, 0.5) is 0 Å². The largest absolute Gasteiger partial charge is 0.349 e. The van der Waals surface area contributed by atoms with Crippen molar-refractivity contribution in [3.8, 4) is 11.3 Å². The number of aromatic nitrogens is 4. The molecule has 1 aliphatic carbocycles. The van der Waals surface area contributed by atoms with Gasteiger partial charge in [0.15, 0.2) is 0 Å². The first-order chi connectivity index (χ1) is 13.5. The van der Waals surface area contributed by atoms with Crippen molar-refractivity contribution in [3.05, 3.63) is 69.3 Å². The maximum Gasteiger partial charge on any atom is 0.269 e. The van der Waals surface area contributed by atoms with Crippen LogP contribution in [0.2, 0.25) is 0 Å². The fourth-order valence-corrected chi connectivity index (χ4v) is 3.51. The fourth-order valence-electron chi connectivity index (χ4n) is 3.51. The standard InChI is InChI=1S/C21H23N5O2/c1-14-6-8-15(9-7-14)18-13-19(25(2)23-18)21(28)22-10-11-26-20(27)12-16-4-3-5-17(16)24-26/h6-9,12-13H,3-5,10-11H2,1-2H3,(H,22,28). The van der Waals surface area contributed by atoms with Crippen molar-refractivity contribution in [3.63, 3.8) is 0 Å². The Balaban J connectivity index is 1.42. The maximum atomic E-state index is 12.5. The summed E-state index contributed by atoms with van der Waals surface area (Å²) in [4.78, 5) is 24.7. The molecule has 0 unspecified atom stereocenters. The Morgan fingerprint density at radius 1 is 1.14 bits per heavy atom. The summed E-state index contributed by atoms with van der Waals surface area (Å²) in [6.07, 6.45) is 2.89. The molecule has 1 N–H and O–H groups in total. The van der Waals surface area contributed by atoms with Crippen molar-refractivity contribution in [2.24, 2.45) is 7.05 Å². The molecule has 0 saturated heterocycles. The molecule has 1 aromatic carbocycles. The number of nitrogens with one attached hydrogen (secondary N) is 1. The zero-order chi connectivity index (χ0) is 19.7. The highest BCUT2D eigenvalue weighted by Gasteiger charge is 2.16. The summed E-state index contributed by atoms with van der Waals surface area (Å²) >= 11 is 0. The zero-order valence-corrected chi connectivity index (χ0v) is 16.1. The molecule has 2 aromatic heterocycles. The Hall–Kier alpha value is -3.22. The highest BCUT2D eigenvalue weighted by molar-refractivity contribution is 5.93. The van der Waals surface area contributed by atoms with E-state index >= 15 is 0 Å². The number of benzene rings is 1. The predicted molar refractivity (Wildman–Crippen MR) is 106 cm³/mol. The van der Waals surface area contributed by atoms with Crippen molar-refractivity contribution < 1.29 is 4.79 Å². The van der Waals surface area contributed by atoms with E-state index in [0.29, 0.717) is 18.8 Å². The summed E-state index contributed by atoms with van der Waals surface area (Å²) in [5.74, 6) is -0.220. The van der Waals surface area contributed by atoms with Gasteiger partial charge in [0.25, 0.3) is 11.5 Å². The first-order valence-corrected chi connectivity index (χ1v) is 9.50. The maximum absolute atomic E-state index is 12.5. The van der Waals surface area contributed by atoms with E-state index in [2.05, 4.69) is 15.5 Å². The number of hydrogen-bond acceptors (Lipinski definition) is 4. The van der Waals surface area contributed by atoms with Crippen LogP contribution in [0.5, 0.6) is 0 Å². The lowest BCUT2D eigenvalue weighted by Crippen LogP contribution is -2.33. The minimum atomic E-state index is -0.220. The van der Waals surface area contributed by atoms with E-state index in [0.717, 1.165) is 41.8 Å². The number of hydrogen-bond donors (Lipinski definition) is 1. The van der Waals surface area contributed by atoms with Crippen LogP contribution in [-0.2, 0) is 26.4 Å². The molecule has 0 radical (unpaired) electrons. The molecule has 0 aliphatic heterocycles. The van der Waals surface area contributed by atoms with Crippen LogP contribution in [0.3, 0.4) is 0 Å². The molecule has 4 rings (SSSR count). The minimum Gasteiger partial charge on any atom is -0.349 e. The minimum absolute atomic E-state index is 0.114. The number of nitrogens with zero attached hydrogens (tertiary/aromatic N) is 4. The van der Waals surface area contributed by atoms with E-state index in [1.54, 1.807) is 23.9 Å². The van der Waals surface area contributed by atoms with Crippen LogP contribution >= 0.6 is 0 Å². The number of carbonyl (C=O) groups excluding carboxylic acids is 1. The molecular formula is C21H23N5O2. The molecule has 0 atom stereocenters. The van der Waals surface area contributed by atoms with Gasteiger partial charge in [-0.2, -0.15) is 10.2 Å². The van der Waals surface area contributed by atoms with Gasteiger partial charge in [0.05, 0.1) is 17.9 Å². The van der Waals surface area contributed by atoms with Crippen molar-refractivity contribution in [2.45, 2.75) is 32.7 Å². The molecule has 7 nitrogen and oxygen atoms in total. The molecular weight excluding hydrogens is 354 g/mol. The lowest BCUT2D eigenvalue weighted by atomic mass is 10.1. The topological polar surface area (TPSA) is 81.8 Å². The second kappa shape index (κ2) is 7.42. The Bertz CT molecular complexity index is 1080. The van der Waals surface area contributed by atoms with Gasteiger partial charge in [0.2, 0.25) is 0 Å². The zero-order valence-electron chi connectivity index (χ0n) is 16.1. The van der Waals surface area contributed by atoms with Crippen molar-refractivity contribution in [2.75, 3.05) is 6.54 Å². The van der Waals surface area contributed by atoms with Gasteiger partial charge in [-0.3, -0.25) is 14.3 Å². The number of aryl methyl sites for hydroxylation is 4. The van der Waals surface area contributed by atoms with E-state index in [9.17, 15) is 9.59 Å². The smallest absolute Gasteiger partial charge is 0.269 e. The van der Waals surface area contributed by atoms with E-state index < -0.39 is 0 Å². The van der Waals surface area contributed by atoms with Crippen molar-refractivity contribution >= 4 is 5.91 Å². The third-order valence-corrected chi connectivity index (χ3v) is 5.09. The normalized spacial score (nSPS) is 12.8. The van der Waals surface area contributed by atoms with Gasteiger partial charge >= 0.3 is 0 Å². The Labute approximate surface area is 163 Å². The number of rotatable bonds is 5. The Kier molecular flexibility index (Phi) is 4.81. The number of fused-ring (bicyclic) bond motifs is 1. The van der Waals surface area contributed by atoms with Crippen LogP contribution in [0, 0.1) is 6.92 Å². The quantitative estimate of drug-likeness (QED) is 0.736. The summed E-state index contributed by atoms with van der Waals surface area (Å²) in [5, 5.41) is 11.7. The molecule has 28 heavy (non-hydrogen) atoms. The van der Waals surface area contributed by atoms with Gasteiger partial charge < -0.3 is 5.32 Å². The van der Waals surface area contributed by atoms with Gasteiger partial charge in [-0.05, 0) is 37.8 Å². The van der Waals surface area contributed by atoms with E-state index in [1.807, 2.05) is 31.2 Å². The van der Waals surface area contributed by atoms with Gasteiger partial charge in [-0.1, -0.05) is 29.8 Å². The van der Waals surface area contributed by atoms with Crippen molar-refractivity contribution in [1.29, 1.82) is 0 Å². The average molecular weight is 377 g/mol. The second-order valence-electron chi connectivity index (χ2n) is 7.19. The molecule has 0 spiro atoms. The van der Waals surface area contributed by atoms with Gasteiger partial charge in [-0.25, -0.2) is 4.68 Å². The van der Waals surface area contributed by atoms with Crippen molar-refractivity contribution in [1.82, 2.24) is 24.9 Å². The fraction of sp³-hybridized carbons (Fsp3) is 0.333. The number of carbonyl (C=O) groups is 1. The first kappa shape index (κ1) is 18.2. The lowest BCUT2D eigenvalue weighted by Gasteiger charge is -2.08.